The van der Waals surface area contributed by atoms with Crippen LogP contribution in [0.25, 0.3) is 11.1 Å². The average molecular weight is 691 g/mol. The van der Waals surface area contributed by atoms with Gasteiger partial charge >= 0.3 is 0 Å². The van der Waals surface area contributed by atoms with E-state index >= 15 is 0 Å². The van der Waals surface area contributed by atoms with Crippen LogP contribution in [0.5, 0.6) is 5.75 Å². The molecule has 47 heavy (non-hydrogen) atoms. The maximum absolute atomic E-state index is 12.7. The van der Waals surface area contributed by atoms with Crippen LogP contribution < -0.4 is 14.2 Å². The molecule has 2 aliphatic rings. The molecule has 0 saturated carbocycles. The van der Waals surface area contributed by atoms with Crippen molar-refractivity contribution in [3.8, 4) is 5.75 Å². The summed E-state index contributed by atoms with van der Waals surface area (Å²) in [6.45, 7) is 4.29. The lowest BCUT2D eigenvalue weighted by atomic mass is 9.88. The van der Waals surface area contributed by atoms with E-state index in [1.165, 1.54) is 0 Å². The summed E-state index contributed by atoms with van der Waals surface area (Å²) in [5, 5.41) is 0.669. The summed E-state index contributed by atoms with van der Waals surface area (Å²) in [5.74, 6) is 0.791. The molecule has 0 saturated heterocycles. The van der Waals surface area contributed by atoms with Gasteiger partial charge in [0.25, 0.3) is 20.0 Å². The first-order valence-electron chi connectivity index (χ1n) is 15.4. The summed E-state index contributed by atoms with van der Waals surface area (Å²) in [6.07, 6.45) is 4.08. The standard InChI is InChI=1S/C19H20ClNO2S.C18H19NO3S/c1-19(2)12-17(14-8-10-15(20)11-9-14)18(13-19)21-24(22,23)16-6-4-3-5-7-16;1-22-15-12-10-14(11-13-15)17-8-5-9-18(17)19-23(20,21)16-6-3-2-4-7-16/h3-11,21H,12-13H2,1-2H3;2-4,6-7,10-13,19H,5,8-9H2,1H3. The van der Waals surface area contributed by atoms with Crippen molar-refractivity contribution in [3.05, 3.63) is 137 Å². The zero-order valence-electron chi connectivity index (χ0n) is 26.7. The van der Waals surface area contributed by atoms with Crippen LogP contribution in [0, 0.1) is 5.41 Å². The number of hydrogen-bond donors (Lipinski definition) is 2. The van der Waals surface area contributed by atoms with Crippen molar-refractivity contribution in [3.63, 3.8) is 0 Å². The van der Waals surface area contributed by atoms with E-state index in [1.54, 1.807) is 67.8 Å². The lowest BCUT2D eigenvalue weighted by Gasteiger charge is -2.17. The first-order chi connectivity index (χ1) is 22.4. The first kappa shape index (κ1) is 34.3. The normalized spacial score (nSPS) is 16.0. The molecule has 4 aromatic rings. The molecular formula is C37H39ClN2O5S2. The molecule has 0 atom stereocenters. The second-order valence-corrected chi connectivity index (χ2v) is 16.2. The van der Waals surface area contributed by atoms with E-state index in [0.29, 0.717) is 11.4 Å². The summed E-state index contributed by atoms with van der Waals surface area (Å²) in [5.41, 5.74) is 5.72. The third kappa shape index (κ3) is 8.66. The molecule has 7 nitrogen and oxygen atoms in total. The van der Waals surface area contributed by atoms with Crippen molar-refractivity contribution in [1.82, 2.24) is 9.44 Å². The number of benzene rings is 4. The van der Waals surface area contributed by atoms with Gasteiger partial charge in [-0.15, -0.1) is 0 Å². The quantitative estimate of drug-likeness (QED) is 0.184. The van der Waals surface area contributed by atoms with Gasteiger partial charge in [0.15, 0.2) is 0 Å². The molecule has 0 aromatic heterocycles. The maximum Gasteiger partial charge on any atom is 0.261 e. The fraction of sp³-hybridized carbons (Fsp3) is 0.243. The molecule has 2 aliphatic carbocycles. The topological polar surface area (TPSA) is 102 Å². The van der Waals surface area contributed by atoms with Crippen molar-refractivity contribution >= 4 is 42.8 Å². The predicted molar refractivity (Wildman–Crippen MR) is 189 cm³/mol. The monoisotopic (exact) mass is 690 g/mol. The molecule has 0 aliphatic heterocycles. The number of methoxy groups -OCH3 is 1. The van der Waals surface area contributed by atoms with Gasteiger partial charge < -0.3 is 4.74 Å². The van der Waals surface area contributed by atoms with Crippen molar-refractivity contribution in [2.24, 2.45) is 5.41 Å². The fourth-order valence-corrected chi connectivity index (χ4v) is 8.33. The van der Waals surface area contributed by atoms with Crippen LogP contribution in [0.4, 0.5) is 0 Å². The van der Waals surface area contributed by atoms with Crippen LogP contribution in [-0.2, 0) is 20.0 Å². The molecule has 246 valence electrons. The third-order valence-corrected chi connectivity index (χ3v) is 11.2. The average Bonchev–Trinajstić information content (AvgIpc) is 3.64. The maximum atomic E-state index is 12.7. The summed E-state index contributed by atoms with van der Waals surface area (Å²) in [4.78, 5) is 0.561. The molecule has 0 heterocycles. The molecule has 0 bridgehead atoms. The first-order valence-corrected chi connectivity index (χ1v) is 18.7. The van der Waals surface area contributed by atoms with Crippen LogP contribution in [0.15, 0.2) is 130 Å². The van der Waals surface area contributed by atoms with Crippen molar-refractivity contribution in [2.45, 2.75) is 55.7 Å². The van der Waals surface area contributed by atoms with Crippen molar-refractivity contribution in [1.29, 1.82) is 0 Å². The van der Waals surface area contributed by atoms with Gasteiger partial charge in [-0.3, -0.25) is 9.44 Å². The van der Waals surface area contributed by atoms with Gasteiger partial charge in [-0.05, 0) is 108 Å². The minimum atomic E-state index is -3.58. The molecule has 0 spiro atoms. The number of nitrogens with one attached hydrogen (secondary N) is 2. The molecule has 0 fully saturated rings. The highest BCUT2D eigenvalue weighted by atomic mass is 35.5. The van der Waals surface area contributed by atoms with E-state index in [-0.39, 0.29) is 15.2 Å². The highest BCUT2D eigenvalue weighted by Crippen LogP contribution is 2.45. The lowest BCUT2D eigenvalue weighted by Crippen LogP contribution is -2.24. The second kappa shape index (κ2) is 14.4. The SMILES string of the molecule is CC1(C)CC(NS(=O)(=O)c2ccccc2)=C(c2ccc(Cl)cc2)C1.COc1ccc(C2=C(NS(=O)(=O)c3ccccc3)CCC2)cc1. The van der Waals surface area contributed by atoms with Gasteiger partial charge in [0.05, 0.1) is 16.9 Å². The Bertz CT molecular complexity index is 1970. The number of sulfonamides is 2. The Kier molecular flexibility index (Phi) is 10.5. The zero-order chi connectivity index (χ0) is 33.7. The molecule has 4 aromatic carbocycles. The second-order valence-electron chi connectivity index (χ2n) is 12.4. The highest BCUT2D eigenvalue weighted by Gasteiger charge is 2.33. The highest BCUT2D eigenvalue weighted by molar-refractivity contribution is 7.90. The Morgan fingerprint density at radius 3 is 1.64 bits per heavy atom. The minimum absolute atomic E-state index is 0.0174. The lowest BCUT2D eigenvalue weighted by molar-refractivity contribution is 0.394. The summed E-state index contributed by atoms with van der Waals surface area (Å²) >= 11 is 5.97. The van der Waals surface area contributed by atoms with E-state index in [1.807, 2.05) is 48.5 Å². The molecule has 6 rings (SSSR count). The van der Waals surface area contributed by atoms with E-state index in [9.17, 15) is 16.8 Å². The van der Waals surface area contributed by atoms with Crippen LogP contribution in [0.2, 0.25) is 5.02 Å². The summed E-state index contributed by atoms with van der Waals surface area (Å²) in [6, 6.07) is 32.2. The number of halogens is 1. The van der Waals surface area contributed by atoms with E-state index < -0.39 is 20.0 Å². The van der Waals surface area contributed by atoms with E-state index in [2.05, 4.69) is 23.3 Å². The molecule has 0 unspecified atom stereocenters. The van der Waals surface area contributed by atoms with Gasteiger partial charge in [0, 0.05) is 16.4 Å². The number of rotatable bonds is 9. The summed E-state index contributed by atoms with van der Waals surface area (Å²) < 4.78 is 61.1. The molecule has 0 radical (unpaired) electrons. The third-order valence-electron chi connectivity index (χ3n) is 8.15. The van der Waals surface area contributed by atoms with Gasteiger partial charge in [0.1, 0.15) is 5.75 Å². The Labute approximate surface area is 283 Å². The van der Waals surface area contributed by atoms with Gasteiger partial charge in [-0.25, -0.2) is 16.8 Å². The zero-order valence-corrected chi connectivity index (χ0v) is 29.1. The number of ether oxygens (including phenoxy) is 1. The smallest absolute Gasteiger partial charge is 0.261 e. The van der Waals surface area contributed by atoms with Crippen LogP contribution in [-0.4, -0.2) is 23.9 Å². The summed E-state index contributed by atoms with van der Waals surface area (Å²) in [7, 11) is -5.48. The Hall–Kier alpha value is -4.05. The van der Waals surface area contributed by atoms with Crippen LogP contribution in [0.3, 0.4) is 0 Å². The molecule has 2 N–H and O–H groups in total. The van der Waals surface area contributed by atoms with Crippen LogP contribution >= 0.6 is 11.6 Å². The van der Waals surface area contributed by atoms with Gasteiger partial charge in [-0.1, -0.05) is 86.1 Å². The largest absolute Gasteiger partial charge is 0.497 e. The number of allylic oxidation sites excluding steroid dienone is 4. The molecular weight excluding hydrogens is 652 g/mol. The minimum Gasteiger partial charge on any atom is -0.497 e. The van der Waals surface area contributed by atoms with Crippen LogP contribution in [0.1, 0.15) is 57.1 Å². The van der Waals surface area contributed by atoms with Crippen molar-refractivity contribution in [2.75, 3.05) is 7.11 Å². The number of hydrogen-bond acceptors (Lipinski definition) is 5. The van der Waals surface area contributed by atoms with Crippen molar-refractivity contribution < 1.29 is 21.6 Å². The Balaban J connectivity index is 0.000000185. The van der Waals surface area contributed by atoms with E-state index in [0.717, 1.165) is 65.1 Å². The van der Waals surface area contributed by atoms with Gasteiger partial charge in [-0.2, -0.15) is 0 Å². The predicted octanol–water partition coefficient (Wildman–Crippen LogP) is 8.42. The van der Waals surface area contributed by atoms with E-state index in [4.69, 9.17) is 16.3 Å². The Morgan fingerprint density at radius 1 is 0.617 bits per heavy atom. The molecule has 10 heteroatoms. The Morgan fingerprint density at radius 2 is 1.11 bits per heavy atom. The molecule has 0 amide bonds. The fourth-order valence-electron chi connectivity index (χ4n) is 5.87. The van der Waals surface area contributed by atoms with Gasteiger partial charge in [0.2, 0.25) is 0 Å².